The van der Waals surface area contributed by atoms with Crippen LogP contribution in [0.5, 0.6) is 0 Å². The zero-order valence-corrected chi connectivity index (χ0v) is 18.3. The molecule has 0 aromatic heterocycles. The fourth-order valence-corrected chi connectivity index (χ4v) is 2.99. The lowest BCUT2D eigenvalue weighted by Crippen LogP contribution is -2.34. The lowest BCUT2D eigenvalue weighted by Gasteiger charge is -2.17. The van der Waals surface area contributed by atoms with Crippen LogP contribution in [0.1, 0.15) is 52.5 Å². The molecule has 1 saturated heterocycles. The Kier molecular flexibility index (Phi) is 8.53. The number of hydrogen-bond acceptors (Lipinski definition) is 7. The van der Waals surface area contributed by atoms with E-state index in [1.807, 2.05) is 20.8 Å². The second kappa shape index (κ2) is 10.9. The van der Waals surface area contributed by atoms with E-state index in [4.69, 9.17) is 9.39 Å². The highest BCUT2D eigenvalue weighted by Crippen LogP contribution is 2.18. The number of benzene rings is 1. The average molecular weight is 429 g/mol. The summed E-state index contributed by atoms with van der Waals surface area (Å²) in [6, 6.07) is 6.62. The Balaban J connectivity index is 1.80. The van der Waals surface area contributed by atoms with Gasteiger partial charge in [-0.15, -0.1) is 0 Å². The first-order chi connectivity index (χ1) is 14.6. The number of ketones is 1. The molecule has 0 saturated carbocycles. The van der Waals surface area contributed by atoms with Crippen LogP contribution >= 0.6 is 0 Å². The van der Waals surface area contributed by atoms with Crippen LogP contribution in [-0.2, 0) is 35.2 Å². The summed E-state index contributed by atoms with van der Waals surface area (Å²) in [4.78, 5) is 59.2. The van der Waals surface area contributed by atoms with Gasteiger partial charge in [0, 0.05) is 36.8 Å². The summed E-state index contributed by atoms with van der Waals surface area (Å²) in [5.74, 6) is -0.492. The summed E-state index contributed by atoms with van der Waals surface area (Å²) in [7, 11) is 0. The molecule has 31 heavy (non-hydrogen) atoms. The second-order valence-corrected chi connectivity index (χ2v) is 8.26. The fraction of sp³-hybridized carbons (Fsp3) is 0.500. The minimum atomic E-state index is -1.36. The number of ether oxygens (including phenoxy) is 1. The summed E-state index contributed by atoms with van der Waals surface area (Å²) >= 11 is 0. The van der Waals surface area contributed by atoms with Crippen molar-refractivity contribution in [1.82, 2.24) is 0 Å². The van der Waals surface area contributed by atoms with Gasteiger partial charge in [0.05, 0.1) is 0 Å². The van der Waals surface area contributed by atoms with Gasteiger partial charge in [-0.3, -0.25) is 9.59 Å². The molecule has 0 bridgehead atoms. The first kappa shape index (κ1) is 24.3. The summed E-state index contributed by atoms with van der Waals surface area (Å²) in [5, 5.41) is 2.77. The van der Waals surface area contributed by atoms with E-state index in [9.17, 15) is 24.0 Å². The first-order valence-corrected chi connectivity index (χ1v) is 10.4. The van der Waals surface area contributed by atoms with Crippen molar-refractivity contribution in [2.24, 2.45) is 17.8 Å². The minimum Gasteiger partial charge on any atom is -0.489 e. The van der Waals surface area contributed by atoms with Crippen LogP contribution in [0, 0.1) is 17.8 Å². The number of Topliss-reactive ketones (excluding diaryl/α,β-unsaturated/α-hetero) is 1. The standard InChI is InChI=1S/C22H28BNO7/c1-13(2)15(4)18(25)11-14(3)21(28)24-17-7-5-16(6-8-17)12-30-22(29)31-23-19(26)9-10-20(23)27/h5-8,13-15H,9-12H2,1-4H3,(H,24,28)/t14-,15+/m1/s1. The van der Waals surface area contributed by atoms with Gasteiger partial charge in [-0.1, -0.05) is 39.8 Å². The Morgan fingerprint density at radius 2 is 1.58 bits per heavy atom. The Morgan fingerprint density at radius 3 is 2.13 bits per heavy atom. The van der Waals surface area contributed by atoms with Crippen LogP contribution < -0.4 is 5.32 Å². The third-order valence-electron chi connectivity index (χ3n) is 5.46. The Bertz CT molecular complexity index is 834. The summed E-state index contributed by atoms with van der Waals surface area (Å²) in [6.07, 6.45) is -0.744. The van der Waals surface area contributed by atoms with E-state index in [-0.39, 0.29) is 49.4 Å². The van der Waals surface area contributed by atoms with E-state index in [0.717, 1.165) is 0 Å². The van der Waals surface area contributed by atoms with E-state index in [0.29, 0.717) is 11.3 Å². The molecular formula is C22H28BNO7. The quantitative estimate of drug-likeness (QED) is 0.474. The van der Waals surface area contributed by atoms with Crippen LogP contribution in [0.15, 0.2) is 24.3 Å². The maximum Gasteiger partial charge on any atom is 0.506 e. The van der Waals surface area contributed by atoms with Gasteiger partial charge in [0.1, 0.15) is 12.4 Å². The minimum absolute atomic E-state index is 0.0676. The van der Waals surface area contributed by atoms with Crippen molar-refractivity contribution in [1.29, 1.82) is 0 Å². The average Bonchev–Trinajstić information content (AvgIpc) is 3.04. The molecule has 166 valence electrons. The molecule has 2 atom stereocenters. The van der Waals surface area contributed by atoms with Gasteiger partial charge in [-0.25, -0.2) is 4.79 Å². The predicted molar refractivity (Wildman–Crippen MR) is 114 cm³/mol. The largest absolute Gasteiger partial charge is 0.506 e. The molecule has 1 aromatic carbocycles. The number of carbonyl (C=O) groups is 5. The van der Waals surface area contributed by atoms with E-state index in [2.05, 4.69) is 5.32 Å². The number of nitrogens with one attached hydrogen (secondary N) is 1. The maximum absolute atomic E-state index is 12.4. The second-order valence-electron chi connectivity index (χ2n) is 8.26. The van der Waals surface area contributed by atoms with Crippen molar-refractivity contribution >= 4 is 41.8 Å². The molecule has 1 aromatic rings. The van der Waals surface area contributed by atoms with E-state index >= 15 is 0 Å². The van der Waals surface area contributed by atoms with Crippen LogP contribution in [0.3, 0.4) is 0 Å². The Labute approximate surface area is 182 Å². The molecular weight excluding hydrogens is 401 g/mol. The number of carbonyl (C=O) groups excluding carboxylic acids is 5. The molecule has 1 N–H and O–H groups in total. The lowest BCUT2D eigenvalue weighted by molar-refractivity contribution is -0.128. The summed E-state index contributed by atoms with van der Waals surface area (Å²) in [5.41, 5.74) is 0.343. The number of rotatable bonds is 9. The smallest absolute Gasteiger partial charge is 0.489 e. The van der Waals surface area contributed by atoms with E-state index in [1.165, 1.54) is 0 Å². The zero-order chi connectivity index (χ0) is 23.1. The normalized spacial score (nSPS) is 15.6. The molecule has 8 nitrogen and oxygen atoms in total. The number of hydrogen-bond donors (Lipinski definition) is 1. The topological polar surface area (TPSA) is 116 Å². The number of anilines is 1. The van der Waals surface area contributed by atoms with Gasteiger partial charge >= 0.3 is 13.1 Å². The Morgan fingerprint density at radius 1 is 1.00 bits per heavy atom. The van der Waals surface area contributed by atoms with Gasteiger partial charge < -0.3 is 24.3 Å². The molecule has 0 radical (unpaired) electrons. The van der Waals surface area contributed by atoms with Crippen molar-refractivity contribution in [3.05, 3.63) is 29.8 Å². The Hall–Kier alpha value is -2.97. The monoisotopic (exact) mass is 429 g/mol. The van der Waals surface area contributed by atoms with E-state index in [1.54, 1.807) is 31.2 Å². The third kappa shape index (κ3) is 7.05. The van der Waals surface area contributed by atoms with Gasteiger partial charge in [-0.2, -0.15) is 0 Å². The van der Waals surface area contributed by atoms with Crippen LogP contribution in [0.2, 0.25) is 0 Å². The molecule has 0 spiro atoms. The van der Waals surface area contributed by atoms with Gasteiger partial charge in [0.25, 0.3) is 0 Å². The van der Waals surface area contributed by atoms with Crippen molar-refractivity contribution in [3.8, 4) is 0 Å². The van der Waals surface area contributed by atoms with Gasteiger partial charge in [-0.05, 0) is 23.6 Å². The highest BCUT2D eigenvalue weighted by Gasteiger charge is 2.43. The van der Waals surface area contributed by atoms with Crippen molar-refractivity contribution in [2.45, 2.75) is 53.6 Å². The van der Waals surface area contributed by atoms with Crippen molar-refractivity contribution in [2.75, 3.05) is 5.32 Å². The van der Waals surface area contributed by atoms with Crippen LogP contribution in [0.4, 0.5) is 10.5 Å². The van der Waals surface area contributed by atoms with Crippen molar-refractivity contribution in [3.63, 3.8) is 0 Å². The SMILES string of the molecule is CC(C)[C@H](C)C(=O)C[C@@H](C)C(=O)Nc1ccc(COC(=O)OB2C(=O)CCC2=O)cc1. The van der Waals surface area contributed by atoms with E-state index < -0.39 is 30.4 Å². The fourth-order valence-electron chi connectivity index (χ4n) is 2.99. The molecule has 0 unspecified atom stereocenters. The maximum atomic E-state index is 12.4. The number of amides is 1. The van der Waals surface area contributed by atoms with Crippen molar-refractivity contribution < 1.29 is 33.4 Å². The summed E-state index contributed by atoms with van der Waals surface area (Å²) in [6.45, 7) is 6.08. The predicted octanol–water partition coefficient (Wildman–Crippen LogP) is 3.17. The highest BCUT2D eigenvalue weighted by molar-refractivity contribution is 7.09. The molecule has 1 aliphatic heterocycles. The lowest BCUT2D eigenvalue weighted by atomic mass is 9.64. The molecule has 1 amide bonds. The molecule has 2 rings (SSSR count). The third-order valence-corrected chi connectivity index (χ3v) is 5.46. The zero-order valence-electron chi connectivity index (χ0n) is 18.3. The molecule has 0 aliphatic carbocycles. The summed E-state index contributed by atoms with van der Waals surface area (Å²) < 4.78 is 9.72. The van der Waals surface area contributed by atoms with Gasteiger partial charge in [0.15, 0.2) is 11.4 Å². The highest BCUT2D eigenvalue weighted by atomic mass is 16.7. The van der Waals surface area contributed by atoms with Crippen LogP contribution in [0.25, 0.3) is 0 Å². The molecule has 1 heterocycles. The molecule has 1 aliphatic rings. The first-order valence-electron chi connectivity index (χ1n) is 10.4. The molecule has 9 heteroatoms. The van der Waals surface area contributed by atoms with Gasteiger partial charge in [0.2, 0.25) is 5.91 Å². The molecule has 1 fully saturated rings. The van der Waals surface area contributed by atoms with Crippen LogP contribution in [-0.4, -0.2) is 36.1 Å².